The zero-order valence-electron chi connectivity index (χ0n) is 12.2. The van der Waals surface area contributed by atoms with Crippen LogP contribution in [0.5, 0.6) is 5.75 Å². The highest BCUT2D eigenvalue weighted by Gasteiger charge is 2.19. The molecule has 5 heteroatoms. The van der Waals surface area contributed by atoms with E-state index < -0.39 is 0 Å². The van der Waals surface area contributed by atoms with Gasteiger partial charge in [0.2, 0.25) is 0 Å². The fourth-order valence-electron chi connectivity index (χ4n) is 2.28. The van der Waals surface area contributed by atoms with Crippen molar-refractivity contribution in [2.45, 2.75) is 25.9 Å². The van der Waals surface area contributed by atoms with Gasteiger partial charge in [0, 0.05) is 11.6 Å². The molecule has 1 aliphatic carbocycles. The lowest BCUT2D eigenvalue weighted by molar-refractivity contribution is 0.0907. The molecule has 1 fully saturated rings. The maximum Gasteiger partial charge on any atom is 0.287 e. The average Bonchev–Trinajstić information content (AvgIpc) is 2.94. The Kier molecular flexibility index (Phi) is 4.68. The van der Waals surface area contributed by atoms with Gasteiger partial charge in [-0.25, -0.2) is 0 Å². The molecule has 1 aliphatic rings. The van der Waals surface area contributed by atoms with E-state index in [1.807, 2.05) is 0 Å². The summed E-state index contributed by atoms with van der Waals surface area (Å²) in [6, 6.07) is 10.5. The summed E-state index contributed by atoms with van der Waals surface area (Å²) in [5.41, 5.74) is 0. The third kappa shape index (κ3) is 3.83. The maximum absolute atomic E-state index is 12.0. The molecule has 0 unspecified atom stereocenters. The third-order valence-corrected chi connectivity index (χ3v) is 4.11. The van der Waals surface area contributed by atoms with E-state index in [-0.39, 0.29) is 12.5 Å². The molecule has 0 atom stereocenters. The number of benzene rings is 1. The number of rotatable bonds is 6. The van der Waals surface area contributed by atoms with Crippen LogP contribution in [-0.4, -0.2) is 12.5 Å². The number of carbonyl (C=O) groups excluding carboxylic acids is 1. The highest BCUT2D eigenvalue weighted by Crippen LogP contribution is 2.25. The highest BCUT2D eigenvalue weighted by atomic mass is 35.5. The van der Waals surface area contributed by atoms with Gasteiger partial charge in [0.25, 0.3) is 5.91 Å². The van der Waals surface area contributed by atoms with Crippen molar-refractivity contribution in [1.29, 1.82) is 0 Å². The van der Waals surface area contributed by atoms with Crippen molar-refractivity contribution in [2.24, 2.45) is 5.92 Å². The first-order valence-corrected chi connectivity index (χ1v) is 7.84. The minimum absolute atomic E-state index is 0.162. The van der Waals surface area contributed by atoms with E-state index in [9.17, 15) is 4.79 Å². The predicted octanol–water partition coefficient (Wildman–Crippen LogP) is 4.04. The Bertz CT molecular complexity index is 632. The van der Waals surface area contributed by atoms with Crippen molar-refractivity contribution in [3.05, 3.63) is 52.9 Å². The minimum atomic E-state index is -0.162. The van der Waals surface area contributed by atoms with Crippen LogP contribution >= 0.6 is 11.6 Å². The SMILES string of the molecule is O=C(NCC1CCC1)c1ccc(COc2ccc(Cl)cc2)o1. The maximum atomic E-state index is 12.0. The largest absolute Gasteiger partial charge is 0.486 e. The molecule has 1 aromatic heterocycles. The van der Waals surface area contributed by atoms with E-state index in [2.05, 4.69) is 5.32 Å². The standard InChI is InChI=1S/C17H18ClNO3/c18-13-4-6-14(7-5-13)21-11-15-8-9-16(22-15)17(20)19-10-12-2-1-3-12/h4-9,12H,1-3,10-11H2,(H,19,20). The van der Waals surface area contributed by atoms with Crippen molar-refractivity contribution in [2.75, 3.05) is 6.54 Å². The van der Waals surface area contributed by atoms with Gasteiger partial charge in [0.15, 0.2) is 5.76 Å². The van der Waals surface area contributed by atoms with E-state index >= 15 is 0 Å². The molecule has 0 spiro atoms. The quantitative estimate of drug-likeness (QED) is 0.874. The van der Waals surface area contributed by atoms with E-state index in [0.717, 1.165) is 6.54 Å². The van der Waals surface area contributed by atoms with E-state index in [1.54, 1.807) is 36.4 Å². The number of amides is 1. The van der Waals surface area contributed by atoms with Gasteiger partial charge in [-0.2, -0.15) is 0 Å². The highest BCUT2D eigenvalue weighted by molar-refractivity contribution is 6.30. The van der Waals surface area contributed by atoms with Gasteiger partial charge in [0.05, 0.1) is 0 Å². The van der Waals surface area contributed by atoms with Gasteiger partial charge in [-0.3, -0.25) is 4.79 Å². The molecule has 22 heavy (non-hydrogen) atoms. The molecule has 1 heterocycles. The number of halogens is 1. The Morgan fingerprint density at radius 2 is 2.00 bits per heavy atom. The summed E-state index contributed by atoms with van der Waals surface area (Å²) >= 11 is 5.82. The molecule has 0 aliphatic heterocycles. The summed E-state index contributed by atoms with van der Waals surface area (Å²) in [4.78, 5) is 12.0. The number of hydrogen-bond acceptors (Lipinski definition) is 3. The monoisotopic (exact) mass is 319 g/mol. The molecule has 4 nitrogen and oxygen atoms in total. The smallest absolute Gasteiger partial charge is 0.287 e. The third-order valence-electron chi connectivity index (χ3n) is 3.86. The molecular formula is C17H18ClNO3. The van der Waals surface area contributed by atoms with Gasteiger partial charge in [-0.1, -0.05) is 18.0 Å². The second-order valence-corrected chi connectivity index (χ2v) is 5.95. The number of ether oxygens (including phenoxy) is 1. The summed E-state index contributed by atoms with van der Waals surface area (Å²) in [5, 5.41) is 3.57. The van der Waals surface area contributed by atoms with Gasteiger partial charge < -0.3 is 14.5 Å². The number of carbonyl (C=O) groups is 1. The average molecular weight is 320 g/mol. The first-order valence-electron chi connectivity index (χ1n) is 7.46. The summed E-state index contributed by atoms with van der Waals surface area (Å²) in [6.07, 6.45) is 3.69. The zero-order valence-corrected chi connectivity index (χ0v) is 12.9. The number of furan rings is 1. The van der Waals surface area contributed by atoms with Crippen LogP contribution in [0.2, 0.25) is 5.02 Å². The van der Waals surface area contributed by atoms with Crippen LogP contribution in [-0.2, 0) is 6.61 Å². The molecule has 116 valence electrons. The Hall–Kier alpha value is -1.94. The lowest BCUT2D eigenvalue weighted by Gasteiger charge is -2.25. The number of hydrogen-bond donors (Lipinski definition) is 1. The number of nitrogens with one attached hydrogen (secondary N) is 1. The minimum Gasteiger partial charge on any atom is -0.486 e. The molecule has 3 rings (SSSR count). The lowest BCUT2D eigenvalue weighted by Crippen LogP contribution is -2.31. The van der Waals surface area contributed by atoms with Crippen LogP contribution in [0, 0.1) is 5.92 Å². The first kappa shape index (κ1) is 15.0. The predicted molar refractivity (Wildman–Crippen MR) is 84.2 cm³/mol. The molecule has 0 saturated heterocycles. The fourth-order valence-corrected chi connectivity index (χ4v) is 2.41. The van der Waals surface area contributed by atoms with Crippen LogP contribution in [0.4, 0.5) is 0 Å². The summed E-state index contributed by atoms with van der Waals surface area (Å²) < 4.78 is 11.1. The van der Waals surface area contributed by atoms with Crippen LogP contribution in [0.3, 0.4) is 0 Å². The van der Waals surface area contributed by atoms with Crippen LogP contribution in [0.15, 0.2) is 40.8 Å². The molecule has 0 bridgehead atoms. The molecule has 1 saturated carbocycles. The summed E-state index contributed by atoms with van der Waals surface area (Å²) in [7, 11) is 0. The van der Waals surface area contributed by atoms with Crippen LogP contribution < -0.4 is 10.1 Å². The molecule has 1 aromatic carbocycles. The Labute approximate surface area is 134 Å². The van der Waals surface area contributed by atoms with E-state index in [4.69, 9.17) is 20.8 Å². The van der Waals surface area contributed by atoms with Crippen LogP contribution in [0.1, 0.15) is 35.6 Å². The van der Waals surface area contributed by atoms with Crippen LogP contribution in [0.25, 0.3) is 0 Å². The van der Waals surface area contributed by atoms with Crippen molar-refractivity contribution < 1.29 is 13.9 Å². The molecular weight excluding hydrogens is 302 g/mol. The zero-order chi connectivity index (χ0) is 15.4. The Morgan fingerprint density at radius 1 is 1.23 bits per heavy atom. The Balaban J connectivity index is 1.49. The normalized spacial score (nSPS) is 14.4. The van der Waals surface area contributed by atoms with Crippen molar-refractivity contribution in [1.82, 2.24) is 5.32 Å². The summed E-state index contributed by atoms with van der Waals surface area (Å²) in [6.45, 7) is 1.01. The van der Waals surface area contributed by atoms with Gasteiger partial charge in [-0.15, -0.1) is 0 Å². The first-order chi connectivity index (χ1) is 10.7. The second-order valence-electron chi connectivity index (χ2n) is 5.52. The van der Waals surface area contributed by atoms with Gasteiger partial charge >= 0.3 is 0 Å². The Morgan fingerprint density at radius 3 is 2.68 bits per heavy atom. The van der Waals surface area contributed by atoms with Crippen molar-refractivity contribution in [3.63, 3.8) is 0 Å². The summed E-state index contributed by atoms with van der Waals surface area (Å²) in [5.74, 6) is 2.12. The van der Waals surface area contributed by atoms with Gasteiger partial charge in [0.1, 0.15) is 18.1 Å². The molecule has 0 radical (unpaired) electrons. The van der Waals surface area contributed by atoms with Crippen molar-refractivity contribution >= 4 is 17.5 Å². The van der Waals surface area contributed by atoms with Gasteiger partial charge in [-0.05, 0) is 55.2 Å². The molecule has 1 amide bonds. The molecule has 2 aromatic rings. The van der Waals surface area contributed by atoms with E-state index in [1.165, 1.54) is 19.3 Å². The topological polar surface area (TPSA) is 51.5 Å². The second kappa shape index (κ2) is 6.88. The fraction of sp³-hybridized carbons (Fsp3) is 0.353. The molecule has 1 N–H and O–H groups in total. The lowest BCUT2D eigenvalue weighted by atomic mass is 9.85. The van der Waals surface area contributed by atoms with Crippen molar-refractivity contribution in [3.8, 4) is 5.75 Å². The van der Waals surface area contributed by atoms with E-state index in [0.29, 0.717) is 28.2 Å².